The smallest absolute Gasteiger partial charge is 0.277 e. The maximum absolute atomic E-state index is 12.1. The van der Waals surface area contributed by atoms with E-state index in [4.69, 9.17) is 16.3 Å². The van der Waals surface area contributed by atoms with Gasteiger partial charge in [0, 0.05) is 27.8 Å². The number of hydrogen-bond acceptors (Lipinski definition) is 4. The van der Waals surface area contributed by atoms with Gasteiger partial charge >= 0.3 is 0 Å². The van der Waals surface area contributed by atoms with E-state index in [9.17, 15) is 4.79 Å². The van der Waals surface area contributed by atoms with Gasteiger partial charge in [0.15, 0.2) is 6.61 Å². The van der Waals surface area contributed by atoms with Gasteiger partial charge in [-0.05, 0) is 79.0 Å². The molecule has 3 rings (SSSR count). The van der Waals surface area contributed by atoms with Gasteiger partial charge in [0.05, 0.1) is 21.2 Å². The first-order chi connectivity index (χ1) is 15.1. The molecule has 0 saturated heterocycles. The van der Waals surface area contributed by atoms with Crippen molar-refractivity contribution in [2.24, 2.45) is 5.10 Å². The van der Waals surface area contributed by atoms with Gasteiger partial charge in [-0.2, -0.15) is 5.10 Å². The molecule has 8 heteroatoms. The first-order valence-corrected chi connectivity index (χ1v) is 12.3. The summed E-state index contributed by atoms with van der Waals surface area (Å²) in [5.41, 5.74) is 6.59. The van der Waals surface area contributed by atoms with Crippen LogP contribution in [0.15, 0.2) is 50.5 Å². The Kier molecular flexibility index (Phi) is 8.06. The van der Waals surface area contributed by atoms with Crippen LogP contribution in [0.2, 0.25) is 5.02 Å². The first kappa shape index (κ1) is 24.8. The summed E-state index contributed by atoms with van der Waals surface area (Å²) < 4.78 is 7.20. The topological polar surface area (TPSA) is 53.9 Å². The average molecular weight is 584 g/mol. The van der Waals surface area contributed by atoms with Crippen LogP contribution in [0.3, 0.4) is 0 Å². The van der Waals surface area contributed by atoms with E-state index < -0.39 is 0 Å². The zero-order valence-corrected chi connectivity index (χ0v) is 22.4. The van der Waals surface area contributed by atoms with Crippen molar-refractivity contribution in [2.45, 2.75) is 39.7 Å². The number of hydrogen-bond donors (Lipinski definition) is 1. The number of nitrogens with zero attached hydrogens (tertiary/aromatic N) is 2. The van der Waals surface area contributed by atoms with Crippen LogP contribution in [-0.2, 0) is 4.79 Å². The van der Waals surface area contributed by atoms with E-state index in [1.54, 1.807) is 12.3 Å². The standard InChI is InChI=1S/C24H26Br2ClN3O2/c1-5-8-30-21-11-20(27)16(9-18(21)15(2)12-24(30,3)4)13-28-29-23(31)14-32-22-7-6-17(25)10-19(22)26/h6-7,9-13H,5,8,14H2,1-4H3,(H,29,31)/b28-13+. The third-order valence-corrected chi connectivity index (χ3v) is 6.63. The molecule has 1 amide bonds. The maximum Gasteiger partial charge on any atom is 0.277 e. The van der Waals surface area contributed by atoms with Crippen molar-refractivity contribution in [3.63, 3.8) is 0 Å². The first-order valence-electron chi connectivity index (χ1n) is 10.3. The molecule has 32 heavy (non-hydrogen) atoms. The molecule has 0 aromatic heterocycles. The van der Waals surface area contributed by atoms with Crippen LogP contribution < -0.4 is 15.1 Å². The molecule has 2 aromatic rings. The number of halogens is 3. The van der Waals surface area contributed by atoms with Crippen molar-refractivity contribution in [3.8, 4) is 5.75 Å². The molecular weight excluding hydrogens is 558 g/mol. The van der Waals surface area contributed by atoms with Crippen molar-refractivity contribution in [3.05, 3.63) is 61.5 Å². The predicted molar refractivity (Wildman–Crippen MR) is 140 cm³/mol. The fraction of sp³-hybridized carbons (Fsp3) is 0.333. The Labute approximate surface area is 211 Å². The van der Waals surface area contributed by atoms with E-state index in [2.05, 4.69) is 81.1 Å². The molecule has 0 fully saturated rings. The Morgan fingerprint density at radius 1 is 1.28 bits per heavy atom. The van der Waals surface area contributed by atoms with E-state index in [1.807, 2.05) is 24.3 Å². The molecule has 1 aliphatic heterocycles. The van der Waals surface area contributed by atoms with Crippen molar-refractivity contribution >= 4 is 66.8 Å². The number of ether oxygens (including phenoxy) is 1. The highest BCUT2D eigenvalue weighted by molar-refractivity contribution is 9.11. The monoisotopic (exact) mass is 581 g/mol. The Morgan fingerprint density at radius 2 is 2.03 bits per heavy atom. The molecule has 2 aromatic carbocycles. The Hall–Kier alpha value is -1.83. The van der Waals surface area contributed by atoms with Crippen molar-refractivity contribution in [2.75, 3.05) is 18.1 Å². The molecule has 0 radical (unpaired) electrons. The van der Waals surface area contributed by atoms with Crippen molar-refractivity contribution in [1.29, 1.82) is 0 Å². The second-order valence-electron chi connectivity index (χ2n) is 8.18. The van der Waals surface area contributed by atoms with Crippen LogP contribution in [0, 0.1) is 0 Å². The van der Waals surface area contributed by atoms with Gasteiger partial charge in [0.25, 0.3) is 5.91 Å². The number of amides is 1. The lowest BCUT2D eigenvalue weighted by molar-refractivity contribution is -0.123. The fourth-order valence-electron chi connectivity index (χ4n) is 3.79. The number of rotatable bonds is 7. The van der Waals surface area contributed by atoms with Crippen LogP contribution in [0.1, 0.15) is 45.2 Å². The van der Waals surface area contributed by atoms with Gasteiger partial charge in [0.2, 0.25) is 0 Å². The minimum Gasteiger partial charge on any atom is -0.483 e. The van der Waals surface area contributed by atoms with Crippen LogP contribution >= 0.6 is 43.5 Å². The summed E-state index contributed by atoms with van der Waals surface area (Å²) in [5, 5.41) is 4.65. The van der Waals surface area contributed by atoms with Gasteiger partial charge in [-0.1, -0.05) is 40.5 Å². The minimum atomic E-state index is -0.364. The van der Waals surface area contributed by atoms with E-state index in [-0.39, 0.29) is 18.1 Å². The normalized spacial score (nSPS) is 14.8. The molecule has 0 unspecified atom stereocenters. The molecule has 0 aliphatic carbocycles. The minimum absolute atomic E-state index is 0.0795. The lowest BCUT2D eigenvalue weighted by Gasteiger charge is -2.43. The van der Waals surface area contributed by atoms with E-state index in [1.165, 1.54) is 5.57 Å². The second-order valence-corrected chi connectivity index (χ2v) is 10.4. The predicted octanol–water partition coefficient (Wildman–Crippen LogP) is 6.81. The number of anilines is 1. The number of carbonyl (C=O) groups is 1. The Balaban J connectivity index is 1.70. The van der Waals surface area contributed by atoms with Gasteiger partial charge in [-0.15, -0.1) is 0 Å². The largest absolute Gasteiger partial charge is 0.483 e. The van der Waals surface area contributed by atoms with Crippen molar-refractivity contribution < 1.29 is 9.53 Å². The number of allylic oxidation sites excluding steroid dienone is 1. The zero-order chi connectivity index (χ0) is 23.5. The molecule has 5 nitrogen and oxygen atoms in total. The molecule has 1 heterocycles. The molecule has 0 spiro atoms. The highest BCUT2D eigenvalue weighted by Gasteiger charge is 2.31. The Morgan fingerprint density at radius 3 is 2.72 bits per heavy atom. The third-order valence-electron chi connectivity index (χ3n) is 5.19. The zero-order valence-electron chi connectivity index (χ0n) is 18.5. The lowest BCUT2D eigenvalue weighted by Crippen LogP contribution is -2.45. The highest BCUT2D eigenvalue weighted by Crippen LogP contribution is 2.41. The summed E-state index contributed by atoms with van der Waals surface area (Å²) in [6.07, 6.45) is 4.88. The van der Waals surface area contributed by atoms with Crippen LogP contribution in [-0.4, -0.2) is 30.8 Å². The van der Waals surface area contributed by atoms with Gasteiger partial charge < -0.3 is 9.64 Å². The summed E-state index contributed by atoms with van der Waals surface area (Å²) in [5.74, 6) is 0.212. The third kappa shape index (κ3) is 5.74. The second kappa shape index (κ2) is 10.4. The molecular formula is C24H26Br2ClN3O2. The summed E-state index contributed by atoms with van der Waals surface area (Å²) in [6.45, 7) is 9.49. The molecule has 1 N–H and O–H groups in total. The van der Waals surface area contributed by atoms with E-state index in [0.29, 0.717) is 10.8 Å². The van der Waals surface area contributed by atoms with Crippen LogP contribution in [0.5, 0.6) is 5.75 Å². The van der Waals surface area contributed by atoms with Crippen LogP contribution in [0.25, 0.3) is 5.57 Å². The maximum atomic E-state index is 12.1. The quantitative estimate of drug-likeness (QED) is 0.288. The van der Waals surface area contributed by atoms with Gasteiger partial charge in [-0.3, -0.25) is 4.79 Å². The highest BCUT2D eigenvalue weighted by atomic mass is 79.9. The molecule has 170 valence electrons. The van der Waals surface area contributed by atoms with E-state index in [0.717, 1.165) is 38.7 Å². The number of hydrazone groups is 1. The van der Waals surface area contributed by atoms with Crippen LogP contribution in [0.4, 0.5) is 5.69 Å². The summed E-state index contributed by atoms with van der Waals surface area (Å²) in [4.78, 5) is 14.5. The summed E-state index contributed by atoms with van der Waals surface area (Å²) in [7, 11) is 0. The van der Waals surface area contributed by atoms with Gasteiger partial charge in [-0.25, -0.2) is 5.43 Å². The van der Waals surface area contributed by atoms with Crippen molar-refractivity contribution in [1.82, 2.24) is 5.43 Å². The molecule has 1 aliphatic rings. The lowest BCUT2D eigenvalue weighted by atomic mass is 9.88. The number of nitrogens with one attached hydrogen (secondary N) is 1. The summed E-state index contributed by atoms with van der Waals surface area (Å²) in [6, 6.07) is 9.47. The number of carbonyl (C=O) groups excluding carboxylic acids is 1. The molecule has 0 saturated carbocycles. The SMILES string of the molecule is CCCN1c2cc(Cl)c(/C=N/NC(=O)COc3ccc(Br)cc3Br)cc2C(C)=CC1(C)C. The summed E-state index contributed by atoms with van der Waals surface area (Å²) >= 11 is 13.4. The number of fused-ring (bicyclic) bond motifs is 1. The van der Waals surface area contributed by atoms with E-state index >= 15 is 0 Å². The molecule has 0 atom stereocenters. The average Bonchev–Trinajstić information content (AvgIpc) is 2.71. The number of benzene rings is 2. The Bertz CT molecular complexity index is 1080. The van der Waals surface area contributed by atoms with Gasteiger partial charge in [0.1, 0.15) is 5.75 Å². The fourth-order valence-corrected chi connectivity index (χ4v) is 5.16. The molecule has 0 bridgehead atoms.